The minimum atomic E-state index is 0.233. The molecular weight excluding hydrogens is 234 g/mol. The van der Waals surface area contributed by atoms with Gasteiger partial charge in [0.2, 0.25) is 0 Å². The van der Waals surface area contributed by atoms with Gasteiger partial charge in [-0.05, 0) is 48.4 Å². The smallest absolute Gasteiger partial charge is 0.119 e. The number of aryl methyl sites for hydroxylation is 1. The van der Waals surface area contributed by atoms with Gasteiger partial charge in [-0.2, -0.15) is 0 Å². The van der Waals surface area contributed by atoms with Gasteiger partial charge in [0.05, 0.1) is 6.61 Å². The van der Waals surface area contributed by atoms with Gasteiger partial charge < -0.3 is 10.5 Å². The number of hydrogen-bond donors (Lipinski definition) is 1. The highest BCUT2D eigenvalue weighted by Gasteiger charge is 2.19. The van der Waals surface area contributed by atoms with E-state index in [4.69, 9.17) is 10.5 Å². The maximum atomic E-state index is 6.05. The molecule has 1 aliphatic carbocycles. The summed E-state index contributed by atoms with van der Waals surface area (Å²) in [6.45, 7) is 5.35. The van der Waals surface area contributed by atoms with Crippen molar-refractivity contribution in [3.8, 4) is 5.75 Å². The topological polar surface area (TPSA) is 35.2 Å². The second kappa shape index (κ2) is 6.95. The normalized spacial score (nSPS) is 19.2. The van der Waals surface area contributed by atoms with Gasteiger partial charge in [0.1, 0.15) is 5.75 Å². The van der Waals surface area contributed by atoms with E-state index < -0.39 is 0 Å². The highest BCUT2D eigenvalue weighted by molar-refractivity contribution is 5.40. The number of rotatable bonds is 7. The summed E-state index contributed by atoms with van der Waals surface area (Å²) in [4.78, 5) is 0. The van der Waals surface area contributed by atoms with E-state index in [9.17, 15) is 0 Å². The van der Waals surface area contributed by atoms with Crippen molar-refractivity contribution in [3.05, 3.63) is 29.3 Å². The van der Waals surface area contributed by atoms with Gasteiger partial charge in [-0.15, -0.1) is 0 Å². The molecule has 1 aliphatic rings. The molecule has 0 aromatic heterocycles. The van der Waals surface area contributed by atoms with Gasteiger partial charge in [-0.25, -0.2) is 0 Å². The molecule has 2 rings (SSSR count). The Labute approximate surface area is 117 Å². The molecule has 0 radical (unpaired) electrons. The van der Waals surface area contributed by atoms with E-state index in [1.165, 1.54) is 36.8 Å². The molecule has 0 heterocycles. The van der Waals surface area contributed by atoms with E-state index in [2.05, 4.69) is 32.0 Å². The number of nitrogens with two attached hydrogens (primary N) is 1. The van der Waals surface area contributed by atoms with Crippen molar-refractivity contribution in [2.45, 2.75) is 58.4 Å². The lowest BCUT2D eigenvalue weighted by molar-refractivity contribution is 0.233. The number of ether oxygens (including phenoxy) is 1. The third-order valence-corrected chi connectivity index (χ3v) is 4.27. The molecular formula is C17H27NO. The standard InChI is InChI=1S/C17H27NO/c1-3-5-6-13(4-2)12-19-15-8-9-16-14(11-15)7-10-17(16)18/h8-9,11,13,17H,3-7,10,12,18H2,1-2H3. The molecule has 2 nitrogen and oxygen atoms in total. The summed E-state index contributed by atoms with van der Waals surface area (Å²) in [7, 11) is 0. The zero-order valence-electron chi connectivity index (χ0n) is 12.3. The lowest BCUT2D eigenvalue weighted by Crippen LogP contribution is -2.11. The number of unbranched alkanes of at least 4 members (excludes halogenated alkanes) is 1. The Kier molecular flexibility index (Phi) is 5.26. The zero-order valence-corrected chi connectivity index (χ0v) is 12.3. The maximum Gasteiger partial charge on any atom is 0.119 e. The van der Waals surface area contributed by atoms with Crippen LogP contribution in [0.1, 0.15) is 63.1 Å². The van der Waals surface area contributed by atoms with Crippen LogP contribution in [-0.2, 0) is 6.42 Å². The van der Waals surface area contributed by atoms with Crippen molar-refractivity contribution in [3.63, 3.8) is 0 Å². The molecule has 0 bridgehead atoms. The Hall–Kier alpha value is -1.02. The SMILES string of the molecule is CCCCC(CC)COc1ccc2c(c1)CCC2N. The van der Waals surface area contributed by atoms with Gasteiger partial charge >= 0.3 is 0 Å². The third kappa shape index (κ3) is 3.73. The Balaban J connectivity index is 1.89. The summed E-state index contributed by atoms with van der Waals surface area (Å²) in [6, 6.07) is 6.65. The van der Waals surface area contributed by atoms with Gasteiger partial charge in [0.25, 0.3) is 0 Å². The number of fused-ring (bicyclic) bond motifs is 1. The summed E-state index contributed by atoms with van der Waals surface area (Å²) < 4.78 is 5.98. The molecule has 0 saturated heterocycles. The van der Waals surface area contributed by atoms with Crippen LogP contribution in [0.5, 0.6) is 5.75 Å². The van der Waals surface area contributed by atoms with Crippen LogP contribution < -0.4 is 10.5 Å². The van der Waals surface area contributed by atoms with Crippen molar-refractivity contribution in [1.82, 2.24) is 0 Å². The molecule has 2 heteroatoms. The Morgan fingerprint density at radius 3 is 2.95 bits per heavy atom. The highest BCUT2D eigenvalue weighted by atomic mass is 16.5. The van der Waals surface area contributed by atoms with Crippen LogP contribution in [0.4, 0.5) is 0 Å². The van der Waals surface area contributed by atoms with Gasteiger partial charge in [-0.3, -0.25) is 0 Å². The van der Waals surface area contributed by atoms with E-state index in [1.54, 1.807) is 0 Å². The van der Waals surface area contributed by atoms with E-state index in [1.807, 2.05) is 0 Å². The molecule has 2 N–H and O–H groups in total. The number of benzene rings is 1. The van der Waals surface area contributed by atoms with E-state index >= 15 is 0 Å². The predicted octanol–water partition coefficient (Wildman–Crippen LogP) is 4.23. The summed E-state index contributed by atoms with van der Waals surface area (Å²) >= 11 is 0. The first kappa shape index (κ1) is 14.4. The van der Waals surface area contributed by atoms with Crippen molar-refractivity contribution in [1.29, 1.82) is 0 Å². The van der Waals surface area contributed by atoms with Crippen molar-refractivity contribution in [2.24, 2.45) is 11.7 Å². The van der Waals surface area contributed by atoms with Gasteiger partial charge in [0, 0.05) is 6.04 Å². The Bertz CT molecular complexity index is 402. The molecule has 1 aromatic rings. The van der Waals surface area contributed by atoms with Crippen molar-refractivity contribution < 1.29 is 4.74 Å². The molecule has 1 aromatic carbocycles. The monoisotopic (exact) mass is 261 g/mol. The molecule has 0 saturated carbocycles. The van der Waals surface area contributed by atoms with Crippen LogP contribution in [0.3, 0.4) is 0 Å². The first-order valence-electron chi connectivity index (χ1n) is 7.75. The van der Waals surface area contributed by atoms with Crippen LogP contribution in [0.15, 0.2) is 18.2 Å². The minimum Gasteiger partial charge on any atom is -0.493 e. The molecule has 0 spiro atoms. The Morgan fingerprint density at radius 1 is 1.37 bits per heavy atom. The molecule has 2 atom stereocenters. The van der Waals surface area contributed by atoms with Crippen LogP contribution >= 0.6 is 0 Å². The zero-order chi connectivity index (χ0) is 13.7. The molecule has 0 aliphatic heterocycles. The van der Waals surface area contributed by atoms with Crippen LogP contribution in [0, 0.1) is 5.92 Å². The van der Waals surface area contributed by atoms with Crippen molar-refractivity contribution >= 4 is 0 Å². The van der Waals surface area contributed by atoms with E-state index in [0.717, 1.165) is 25.2 Å². The summed E-state index contributed by atoms with van der Waals surface area (Å²) in [5.41, 5.74) is 8.75. The maximum absolute atomic E-state index is 6.05. The average molecular weight is 261 g/mol. The second-order valence-corrected chi connectivity index (χ2v) is 5.73. The third-order valence-electron chi connectivity index (χ3n) is 4.27. The first-order valence-corrected chi connectivity index (χ1v) is 7.75. The summed E-state index contributed by atoms with van der Waals surface area (Å²) in [6.07, 6.45) is 7.24. The lowest BCUT2D eigenvalue weighted by atomic mass is 10.0. The molecule has 2 unspecified atom stereocenters. The molecule has 106 valence electrons. The average Bonchev–Trinajstić information content (AvgIpc) is 2.80. The Morgan fingerprint density at radius 2 is 2.21 bits per heavy atom. The van der Waals surface area contributed by atoms with E-state index in [-0.39, 0.29) is 6.04 Å². The van der Waals surface area contributed by atoms with Crippen LogP contribution in [0.25, 0.3) is 0 Å². The number of hydrogen-bond acceptors (Lipinski definition) is 2. The molecule has 0 amide bonds. The van der Waals surface area contributed by atoms with Crippen LogP contribution in [-0.4, -0.2) is 6.61 Å². The minimum absolute atomic E-state index is 0.233. The second-order valence-electron chi connectivity index (χ2n) is 5.73. The van der Waals surface area contributed by atoms with E-state index in [0.29, 0.717) is 5.92 Å². The lowest BCUT2D eigenvalue weighted by Gasteiger charge is -2.16. The van der Waals surface area contributed by atoms with Crippen molar-refractivity contribution in [2.75, 3.05) is 6.61 Å². The fraction of sp³-hybridized carbons (Fsp3) is 0.647. The fourth-order valence-corrected chi connectivity index (χ4v) is 2.83. The first-order chi connectivity index (χ1) is 9.24. The predicted molar refractivity (Wildman–Crippen MR) is 80.5 cm³/mol. The summed E-state index contributed by atoms with van der Waals surface area (Å²) in [5.74, 6) is 1.71. The highest BCUT2D eigenvalue weighted by Crippen LogP contribution is 2.32. The fourth-order valence-electron chi connectivity index (χ4n) is 2.83. The van der Waals surface area contributed by atoms with Crippen LogP contribution in [0.2, 0.25) is 0 Å². The molecule has 0 fully saturated rings. The van der Waals surface area contributed by atoms with Gasteiger partial charge in [-0.1, -0.05) is 39.2 Å². The van der Waals surface area contributed by atoms with Gasteiger partial charge in [0.15, 0.2) is 0 Å². The largest absolute Gasteiger partial charge is 0.493 e. The quantitative estimate of drug-likeness (QED) is 0.797. The molecule has 19 heavy (non-hydrogen) atoms. The summed E-state index contributed by atoms with van der Waals surface area (Å²) in [5, 5.41) is 0.